The molecule has 2 rings (SSSR count). The van der Waals surface area contributed by atoms with E-state index in [0.717, 1.165) is 0 Å². The molecule has 1 aromatic carbocycles. The highest BCUT2D eigenvalue weighted by Gasteiger charge is 2.21. The first kappa shape index (κ1) is 15.8. The molecule has 2 aromatic rings. The number of carbonyl (C=O) groups is 1. The number of esters is 1. The van der Waals surface area contributed by atoms with Crippen molar-refractivity contribution in [1.29, 1.82) is 0 Å². The van der Waals surface area contributed by atoms with Gasteiger partial charge in [0.1, 0.15) is 11.9 Å². The average Bonchev–Trinajstić information content (AvgIpc) is 2.53. The van der Waals surface area contributed by atoms with Crippen LogP contribution in [0.3, 0.4) is 0 Å². The quantitative estimate of drug-likeness (QED) is 0.859. The monoisotopic (exact) mass is 304 g/mol. The van der Waals surface area contributed by atoms with Gasteiger partial charge in [-0.1, -0.05) is 6.92 Å². The summed E-state index contributed by atoms with van der Waals surface area (Å²) in [5.41, 5.74) is 6.43. The van der Waals surface area contributed by atoms with E-state index in [4.69, 9.17) is 15.2 Å². The van der Waals surface area contributed by atoms with Gasteiger partial charge in [0.2, 0.25) is 0 Å². The molecule has 1 atom stereocenters. The number of halogens is 1. The zero-order valence-corrected chi connectivity index (χ0v) is 12.4. The van der Waals surface area contributed by atoms with Crippen LogP contribution in [-0.2, 0) is 4.74 Å². The smallest absolute Gasteiger partial charge is 0.338 e. The molecule has 0 aliphatic rings. The van der Waals surface area contributed by atoms with Crippen LogP contribution in [0.2, 0.25) is 0 Å². The second-order valence-corrected chi connectivity index (χ2v) is 4.62. The zero-order chi connectivity index (χ0) is 16.1. The first-order valence-electron chi connectivity index (χ1n) is 6.81. The van der Waals surface area contributed by atoms with Crippen molar-refractivity contribution in [2.24, 2.45) is 0 Å². The number of pyridine rings is 1. The number of nitrogen functional groups attached to an aromatic ring is 1. The van der Waals surface area contributed by atoms with Gasteiger partial charge in [-0.25, -0.2) is 14.2 Å². The molecule has 1 heterocycles. The number of nitrogens with two attached hydrogens (primary N) is 1. The molecule has 5 nitrogen and oxygen atoms in total. The van der Waals surface area contributed by atoms with Crippen LogP contribution < -0.4 is 10.5 Å². The molecule has 2 N–H and O–H groups in total. The number of anilines is 1. The number of methoxy groups -OCH3 is 1. The fourth-order valence-electron chi connectivity index (χ4n) is 2.12. The van der Waals surface area contributed by atoms with Crippen molar-refractivity contribution in [3.8, 4) is 5.75 Å². The Morgan fingerprint density at radius 1 is 1.41 bits per heavy atom. The summed E-state index contributed by atoms with van der Waals surface area (Å²) in [5.74, 6) is -0.383. The lowest BCUT2D eigenvalue weighted by Crippen LogP contribution is -2.14. The Hall–Kier alpha value is -2.63. The van der Waals surface area contributed by atoms with Crippen LogP contribution in [0.25, 0.3) is 0 Å². The molecule has 0 aliphatic carbocycles. The fourth-order valence-corrected chi connectivity index (χ4v) is 2.12. The van der Waals surface area contributed by atoms with E-state index in [1.54, 1.807) is 18.3 Å². The highest BCUT2D eigenvalue weighted by molar-refractivity contribution is 5.91. The standard InChI is InChI=1S/C16H17FN2O3/c1-3-13(22-14-5-4-8-19-15(14)18)12-9-10(17)6-7-11(12)16(20)21-2/h4-9,13H,3H2,1-2H3,(H2,18,19). The SMILES string of the molecule is CCC(Oc1cccnc1N)c1cc(F)ccc1C(=O)OC. The summed E-state index contributed by atoms with van der Waals surface area (Å²) in [6.07, 6.45) is 1.52. The number of hydrogen-bond acceptors (Lipinski definition) is 5. The van der Waals surface area contributed by atoms with Gasteiger partial charge in [0, 0.05) is 11.8 Å². The molecule has 22 heavy (non-hydrogen) atoms. The molecule has 6 heteroatoms. The number of aromatic nitrogens is 1. The van der Waals surface area contributed by atoms with E-state index in [-0.39, 0.29) is 11.4 Å². The van der Waals surface area contributed by atoms with Crippen molar-refractivity contribution in [3.63, 3.8) is 0 Å². The number of ether oxygens (including phenoxy) is 2. The van der Waals surface area contributed by atoms with Gasteiger partial charge in [0.05, 0.1) is 12.7 Å². The maximum Gasteiger partial charge on any atom is 0.338 e. The van der Waals surface area contributed by atoms with E-state index in [1.807, 2.05) is 6.92 Å². The van der Waals surface area contributed by atoms with E-state index in [2.05, 4.69) is 4.98 Å². The Labute approximate surface area is 127 Å². The summed E-state index contributed by atoms with van der Waals surface area (Å²) in [7, 11) is 1.27. The third-order valence-corrected chi connectivity index (χ3v) is 3.21. The molecule has 0 amide bonds. The lowest BCUT2D eigenvalue weighted by molar-refractivity contribution is 0.0594. The highest BCUT2D eigenvalue weighted by atomic mass is 19.1. The van der Waals surface area contributed by atoms with E-state index < -0.39 is 17.9 Å². The molecular formula is C16H17FN2O3. The summed E-state index contributed by atoms with van der Waals surface area (Å²) in [4.78, 5) is 15.8. The highest BCUT2D eigenvalue weighted by Crippen LogP contribution is 2.30. The van der Waals surface area contributed by atoms with Crippen LogP contribution in [0.15, 0.2) is 36.5 Å². The Kier molecular flexibility index (Phi) is 4.93. The Morgan fingerprint density at radius 3 is 2.82 bits per heavy atom. The molecule has 0 spiro atoms. The van der Waals surface area contributed by atoms with Gasteiger partial charge in [0.15, 0.2) is 11.6 Å². The lowest BCUT2D eigenvalue weighted by Gasteiger charge is -2.20. The van der Waals surface area contributed by atoms with Gasteiger partial charge >= 0.3 is 5.97 Å². The molecule has 0 fully saturated rings. The van der Waals surface area contributed by atoms with Crippen molar-refractivity contribution in [1.82, 2.24) is 4.98 Å². The van der Waals surface area contributed by atoms with Gasteiger partial charge in [-0.15, -0.1) is 0 Å². The molecule has 0 radical (unpaired) electrons. The molecule has 1 aromatic heterocycles. The van der Waals surface area contributed by atoms with Crippen LogP contribution in [0, 0.1) is 5.82 Å². The van der Waals surface area contributed by atoms with E-state index in [1.165, 1.54) is 25.3 Å². The topological polar surface area (TPSA) is 74.4 Å². The fraction of sp³-hybridized carbons (Fsp3) is 0.250. The van der Waals surface area contributed by atoms with Gasteiger partial charge in [0.25, 0.3) is 0 Å². The van der Waals surface area contributed by atoms with E-state index in [0.29, 0.717) is 17.7 Å². The van der Waals surface area contributed by atoms with Gasteiger partial charge in [-0.05, 0) is 36.8 Å². The molecule has 0 bridgehead atoms. The minimum absolute atomic E-state index is 0.233. The summed E-state index contributed by atoms with van der Waals surface area (Å²) in [6, 6.07) is 7.22. The molecule has 0 aliphatic heterocycles. The largest absolute Gasteiger partial charge is 0.482 e. The van der Waals surface area contributed by atoms with Crippen molar-refractivity contribution in [3.05, 3.63) is 53.5 Å². The third-order valence-electron chi connectivity index (χ3n) is 3.21. The molecule has 0 saturated heterocycles. The van der Waals surface area contributed by atoms with Crippen molar-refractivity contribution < 1.29 is 18.7 Å². The Balaban J connectivity index is 2.40. The predicted octanol–water partition coefficient (Wildman–Crippen LogP) is 3.12. The van der Waals surface area contributed by atoms with Gasteiger partial charge in [-0.2, -0.15) is 0 Å². The number of nitrogens with zero attached hydrogens (tertiary/aromatic N) is 1. The number of hydrogen-bond donors (Lipinski definition) is 1. The van der Waals surface area contributed by atoms with Crippen LogP contribution >= 0.6 is 0 Å². The third kappa shape index (κ3) is 3.33. The second-order valence-electron chi connectivity index (χ2n) is 4.62. The number of benzene rings is 1. The van der Waals surface area contributed by atoms with Crippen LogP contribution in [-0.4, -0.2) is 18.1 Å². The molecular weight excluding hydrogens is 287 g/mol. The maximum absolute atomic E-state index is 13.6. The predicted molar refractivity (Wildman–Crippen MR) is 80.0 cm³/mol. The number of rotatable bonds is 5. The van der Waals surface area contributed by atoms with Crippen molar-refractivity contribution in [2.45, 2.75) is 19.4 Å². The van der Waals surface area contributed by atoms with Crippen molar-refractivity contribution >= 4 is 11.8 Å². The van der Waals surface area contributed by atoms with E-state index >= 15 is 0 Å². The zero-order valence-electron chi connectivity index (χ0n) is 12.4. The van der Waals surface area contributed by atoms with Crippen molar-refractivity contribution in [2.75, 3.05) is 12.8 Å². The first-order valence-corrected chi connectivity index (χ1v) is 6.81. The Bertz CT molecular complexity index is 676. The first-order chi connectivity index (χ1) is 10.6. The van der Waals surface area contributed by atoms with Crippen LogP contribution in [0.1, 0.15) is 35.4 Å². The molecule has 0 saturated carbocycles. The average molecular weight is 304 g/mol. The minimum Gasteiger partial charge on any atom is -0.482 e. The Morgan fingerprint density at radius 2 is 2.18 bits per heavy atom. The molecule has 1 unspecified atom stereocenters. The molecule has 116 valence electrons. The summed E-state index contributed by atoms with van der Waals surface area (Å²) in [6.45, 7) is 1.86. The van der Waals surface area contributed by atoms with Gasteiger partial charge in [-0.3, -0.25) is 0 Å². The van der Waals surface area contributed by atoms with Gasteiger partial charge < -0.3 is 15.2 Å². The lowest BCUT2D eigenvalue weighted by atomic mass is 10.00. The summed E-state index contributed by atoms with van der Waals surface area (Å²) < 4.78 is 24.1. The van der Waals surface area contributed by atoms with Crippen LogP contribution in [0.5, 0.6) is 5.75 Å². The summed E-state index contributed by atoms with van der Waals surface area (Å²) >= 11 is 0. The van der Waals surface area contributed by atoms with E-state index in [9.17, 15) is 9.18 Å². The second kappa shape index (κ2) is 6.89. The normalized spacial score (nSPS) is 11.8. The maximum atomic E-state index is 13.6. The number of carbonyl (C=O) groups excluding carboxylic acids is 1. The van der Waals surface area contributed by atoms with Crippen LogP contribution in [0.4, 0.5) is 10.2 Å². The summed E-state index contributed by atoms with van der Waals surface area (Å²) in [5, 5.41) is 0. The minimum atomic E-state index is -0.545.